The molecule has 1 aromatic carbocycles. The number of amides is 1. The number of pyridine rings is 1. The van der Waals surface area contributed by atoms with Gasteiger partial charge >= 0.3 is 0 Å². The minimum absolute atomic E-state index is 0.252. The Morgan fingerprint density at radius 2 is 2.00 bits per heavy atom. The lowest BCUT2D eigenvalue weighted by atomic mass is 10.1. The second kappa shape index (κ2) is 4.28. The standard InChI is InChI=1S/C15H13N3O3/c16-11-4-3-9-7-20-15(21-8-10(9)6-11)12-2-1-5-17-13(12)18-14(15)19/h1-6H,7-8,16H2,(H,17,18,19). The summed E-state index contributed by atoms with van der Waals surface area (Å²) < 4.78 is 11.7. The number of nitrogens with two attached hydrogens (primary N) is 1. The Hall–Kier alpha value is -2.44. The van der Waals surface area contributed by atoms with E-state index in [9.17, 15) is 4.79 Å². The summed E-state index contributed by atoms with van der Waals surface area (Å²) in [7, 11) is 0. The number of nitrogens with one attached hydrogen (secondary N) is 1. The third kappa shape index (κ3) is 1.73. The van der Waals surface area contributed by atoms with Gasteiger partial charge in [0, 0.05) is 11.9 Å². The second-order valence-corrected chi connectivity index (χ2v) is 5.08. The van der Waals surface area contributed by atoms with Crippen molar-refractivity contribution >= 4 is 17.4 Å². The minimum Gasteiger partial charge on any atom is -0.399 e. The quantitative estimate of drug-likeness (QED) is 0.716. The highest BCUT2D eigenvalue weighted by Gasteiger charge is 2.51. The smallest absolute Gasteiger partial charge is 0.291 e. The predicted octanol–water partition coefficient (Wildman–Crippen LogP) is 1.52. The molecule has 2 aliphatic rings. The normalized spacial score (nSPS) is 23.3. The Morgan fingerprint density at radius 3 is 2.86 bits per heavy atom. The van der Waals surface area contributed by atoms with Crippen molar-refractivity contribution in [1.29, 1.82) is 0 Å². The van der Waals surface area contributed by atoms with Gasteiger partial charge in [-0.1, -0.05) is 6.07 Å². The largest absolute Gasteiger partial charge is 0.399 e. The average molecular weight is 283 g/mol. The van der Waals surface area contributed by atoms with Crippen molar-refractivity contribution < 1.29 is 14.3 Å². The third-order valence-electron chi connectivity index (χ3n) is 3.79. The summed E-state index contributed by atoms with van der Waals surface area (Å²) in [6, 6.07) is 9.08. The molecule has 1 aromatic heterocycles. The number of hydrogen-bond donors (Lipinski definition) is 2. The first-order valence-corrected chi connectivity index (χ1v) is 6.61. The summed E-state index contributed by atoms with van der Waals surface area (Å²) >= 11 is 0. The fourth-order valence-electron chi connectivity index (χ4n) is 2.69. The van der Waals surface area contributed by atoms with Gasteiger partial charge in [-0.15, -0.1) is 0 Å². The van der Waals surface area contributed by atoms with Crippen molar-refractivity contribution in [2.45, 2.75) is 19.0 Å². The van der Waals surface area contributed by atoms with Crippen molar-refractivity contribution in [3.8, 4) is 0 Å². The van der Waals surface area contributed by atoms with E-state index in [1.807, 2.05) is 18.2 Å². The molecule has 0 saturated heterocycles. The first-order chi connectivity index (χ1) is 10.2. The van der Waals surface area contributed by atoms with Crippen LogP contribution in [0.2, 0.25) is 0 Å². The Morgan fingerprint density at radius 1 is 1.19 bits per heavy atom. The van der Waals surface area contributed by atoms with Gasteiger partial charge in [-0.3, -0.25) is 4.79 Å². The molecule has 4 rings (SSSR count). The van der Waals surface area contributed by atoms with E-state index in [1.54, 1.807) is 18.3 Å². The van der Waals surface area contributed by atoms with E-state index in [4.69, 9.17) is 15.2 Å². The molecular weight excluding hydrogens is 270 g/mol. The molecule has 2 aliphatic heterocycles. The number of nitrogens with zero attached hydrogens (tertiary/aromatic N) is 1. The summed E-state index contributed by atoms with van der Waals surface area (Å²) in [5, 5.41) is 2.70. The summed E-state index contributed by atoms with van der Waals surface area (Å²) in [4.78, 5) is 16.5. The van der Waals surface area contributed by atoms with Crippen molar-refractivity contribution in [2.75, 3.05) is 11.1 Å². The van der Waals surface area contributed by atoms with Crippen LogP contribution in [0.4, 0.5) is 11.5 Å². The van der Waals surface area contributed by atoms with Gasteiger partial charge < -0.3 is 20.5 Å². The monoisotopic (exact) mass is 283 g/mol. The van der Waals surface area contributed by atoms with E-state index >= 15 is 0 Å². The van der Waals surface area contributed by atoms with Crippen LogP contribution in [0.15, 0.2) is 36.5 Å². The molecule has 3 heterocycles. The second-order valence-electron chi connectivity index (χ2n) is 5.08. The predicted molar refractivity (Wildman–Crippen MR) is 75.0 cm³/mol. The number of benzene rings is 1. The Bertz CT molecular complexity index is 747. The first-order valence-electron chi connectivity index (χ1n) is 6.61. The number of nitrogen functional groups attached to an aromatic ring is 1. The number of fused-ring (bicyclic) bond motifs is 3. The first kappa shape index (κ1) is 12.3. The van der Waals surface area contributed by atoms with Gasteiger partial charge in [0.25, 0.3) is 11.7 Å². The summed E-state index contributed by atoms with van der Waals surface area (Å²) in [6.45, 7) is 0.527. The van der Waals surface area contributed by atoms with Gasteiger partial charge in [-0.25, -0.2) is 4.98 Å². The number of hydrogen-bond acceptors (Lipinski definition) is 5. The third-order valence-corrected chi connectivity index (χ3v) is 3.79. The Balaban J connectivity index is 1.77. The van der Waals surface area contributed by atoms with Crippen LogP contribution < -0.4 is 11.1 Å². The number of carbonyl (C=O) groups excluding carboxylic acids is 1. The van der Waals surface area contributed by atoms with E-state index in [0.29, 0.717) is 17.1 Å². The van der Waals surface area contributed by atoms with Gasteiger partial charge in [-0.05, 0) is 35.4 Å². The number of carbonyl (C=O) groups is 1. The average Bonchev–Trinajstić information content (AvgIpc) is 2.64. The number of anilines is 2. The molecule has 2 aromatic rings. The molecule has 6 nitrogen and oxygen atoms in total. The fourth-order valence-corrected chi connectivity index (χ4v) is 2.69. The lowest BCUT2D eigenvalue weighted by Gasteiger charge is -2.24. The van der Waals surface area contributed by atoms with Crippen LogP contribution in [0.5, 0.6) is 0 Å². The van der Waals surface area contributed by atoms with Crippen LogP contribution in [0.1, 0.15) is 16.7 Å². The van der Waals surface area contributed by atoms with E-state index in [2.05, 4.69) is 10.3 Å². The summed E-state index contributed by atoms with van der Waals surface area (Å²) in [6.07, 6.45) is 1.62. The molecule has 106 valence electrons. The van der Waals surface area contributed by atoms with Crippen molar-refractivity contribution in [3.63, 3.8) is 0 Å². The molecule has 0 aliphatic carbocycles. The molecule has 21 heavy (non-hydrogen) atoms. The van der Waals surface area contributed by atoms with Crippen LogP contribution >= 0.6 is 0 Å². The zero-order chi connectivity index (χ0) is 14.4. The maximum atomic E-state index is 12.4. The maximum absolute atomic E-state index is 12.4. The van der Waals surface area contributed by atoms with Crippen molar-refractivity contribution in [3.05, 3.63) is 53.2 Å². The van der Waals surface area contributed by atoms with E-state index in [-0.39, 0.29) is 19.1 Å². The van der Waals surface area contributed by atoms with Crippen molar-refractivity contribution in [1.82, 2.24) is 4.98 Å². The highest BCUT2D eigenvalue weighted by molar-refractivity contribution is 6.02. The van der Waals surface area contributed by atoms with Gasteiger partial charge in [-0.2, -0.15) is 0 Å². The zero-order valence-corrected chi connectivity index (χ0v) is 11.1. The molecule has 0 saturated carbocycles. The molecule has 6 heteroatoms. The highest BCUT2D eigenvalue weighted by atomic mass is 16.7. The Kier molecular flexibility index (Phi) is 2.51. The number of aromatic nitrogens is 1. The molecule has 0 radical (unpaired) electrons. The SMILES string of the molecule is Nc1ccc2c(c1)COC1(OC2)C(=O)Nc2ncccc21. The van der Waals surface area contributed by atoms with Gasteiger partial charge in [0.2, 0.25) is 0 Å². The lowest BCUT2D eigenvalue weighted by molar-refractivity contribution is -0.236. The van der Waals surface area contributed by atoms with Crippen LogP contribution in [0.25, 0.3) is 0 Å². The molecule has 1 spiro atoms. The topological polar surface area (TPSA) is 86.5 Å². The zero-order valence-electron chi connectivity index (χ0n) is 11.1. The minimum atomic E-state index is -1.43. The molecule has 0 fully saturated rings. The van der Waals surface area contributed by atoms with E-state index in [0.717, 1.165) is 11.1 Å². The molecule has 1 atom stereocenters. The molecule has 0 bridgehead atoms. The molecule has 1 unspecified atom stereocenters. The van der Waals surface area contributed by atoms with Gasteiger partial charge in [0.15, 0.2) is 0 Å². The van der Waals surface area contributed by atoms with Crippen LogP contribution in [-0.4, -0.2) is 10.9 Å². The van der Waals surface area contributed by atoms with Gasteiger partial charge in [0.1, 0.15) is 5.82 Å². The number of ether oxygens (including phenoxy) is 2. The van der Waals surface area contributed by atoms with Gasteiger partial charge in [0.05, 0.1) is 18.8 Å². The van der Waals surface area contributed by atoms with Crippen LogP contribution in [0.3, 0.4) is 0 Å². The Labute approximate surface area is 120 Å². The summed E-state index contributed by atoms with van der Waals surface area (Å²) in [5.74, 6) is -1.30. The maximum Gasteiger partial charge on any atom is 0.291 e. The number of rotatable bonds is 0. The fraction of sp³-hybridized carbons (Fsp3) is 0.200. The molecular formula is C15H13N3O3. The highest BCUT2D eigenvalue weighted by Crippen LogP contribution is 2.41. The van der Waals surface area contributed by atoms with Crippen molar-refractivity contribution in [2.24, 2.45) is 0 Å². The lowest BCUT2D eigenvalue weighted by Crippen LogP contribution is -2.39. The van der Waals surface area contributed by atoms with E-state index < -0.39 is 5.79 Å². The van der Waals surface area contributed by atoms with Crippen LogP contribution in [-0.2, 0) is 33.3 Å². The molecule has 3 N–H and O–H groups in total. The van der Waals surface area contributed by atoms with E-state index in [1.165, 1.54) is 0 Å². The van der Waals surface area contributed by atoms with Crippen LogP contribution in [0, 0.1) is 0 Å². The molecule has 1 amide bonds. The summed E-state index contributed by atoms with van der Waals surface area (Å²) in [5.41, 5.74) is 8.95.